The summed E-state index contributed by atoms with van der Waals surface area (Å²) < 4.78 is 29.5. The van der Waals surface area contributed by atoms with Crippen molar-refractivity contribution in [3.63, 3.8) is 0 Å². The summed E-state index contributed by atoms with van der Waals surface area (Å²) in [6.07, 6.45) is -0.461. The van der Waals surface area contributed by atoms with E-state index in [9.17, 15) is 9.59 Å². The molecule has 8 nitrogen and oxygen atoms in total. The van der Waals surface area contributed by atoms with Crippen molar-refractivity contribution in [3.05, 3.63) is 23.3 Å². The Morgan fingerprint density at radius 2 is 1.86 bits per heavy atom. The first-order valence-electron chi connectivity index (χ1n) is 9.68. The number of Topliss-reactive ketones (excluding diaryl/α,β-unsaturated/α-hetero) is 1. The number of hydrogen-bond donors (Lipinski definition) is 0. The molecule has 0 unspecified atom stereocenters. The van der Waals surface area contributed by atoms with E-state index in [-0.39, 0.29) is 30.6 Å². The van der Waals surface area contributed by atoms with E-state index in [1.165, 1.54) is 14.2 Å². The second kappa shape index (κ2) is 5.71. The SMILES string of the molecule is COc1ccc2c(c1OC)[C@]13CC(=O)[C@H](OC)[C@]4(OC)O[C@@H]2C[C@]14N(C)C(=O)C3. The van der Waals surface area contributed by atoms with Crippen LogP contribution < -0.4 is 9.47 Å². The summed E-state index contributed by atoms with van der Waals surface area (Å²) in [4.78, 5) is 28.2. The molecule has 2 heterocycles. The number of carbonyl (C=O) groups excluding carboxylic acids is 2. The first kappa shape index (κ1) is 18.8. The zero-order chi connectivity index (χ0) is 20.8. The minimum atomic E-state index is -1.40. The number of likely N-dealkylation sites (N-methyl/N-ethyl adjacent to an activating group) is 1. The molecular formula is C21H25NO7. The van der Waals surface area contributed by atoms with Crippen molar-refractivity contribution >= 4 is 11.7 Å². The molecule has 1 saturated carbocycles. The molecule has 5 atom stereocenters. The van der Waals surface area contributed by atoms with Crippen LogP contribution in [0.2, 0.25) is 0 Å². The number of hydrogen-bond acceptors (Lipinski definition) is 7. The highest BCUT2D eigenvalue weighted by molar-refractivity contribution is 5.95. The summed E-state index contributed by atoms with van der Waals surface area (Å²) in [6, 6.07) is 3.78. The molecule has 0 N–H and O–H groups in total. The van der Waals surface area contributed by atoms with Gasteiger partial charge in [0.1, 0.15) is 5.54 Å². The van der Waals surface area contributed by atoms with Gasteiger partial charge in [0.05, 0.1) is 20.3 Å². The molecule has 0 aromatic heterocycles. The van der Waals surface area contributed by atoms with E-state index in [0.717, 1.165) is 11.1 Å². The van der Waals surface area contributed by atoms with Crippen LogP contribution in [0.5, 0.6) is 11.5 Å². The number of ether oxygens (including phenoxy) is 5. The van der Waals surface area contributed by atoms with Crippen molar-refractivity contribution in [2.24, 2.45) is 0 Å². The summed E-state index contributed by atoms with van der Waals surface area (Å²) >= 11 is 0. The first-order chi connectivity index (χ1) is 13.9. The maximum absolute atomic E-state index is 13.3. The van der Waals surface area contributed by atoms with Gasteiger partial charge >= 0.3 is 0 Å². The fourth-order valence-electron chi connectivity index (χ4n) is 6.68. The van der Waals surface area contributed by atoms with Gasteiger partial charge in [0.25, 0.3) is 0 Å². The van der Waals surface area contributed by atoms with Crippen molar-refractivity contribution in [2.45, 2.75) is 48.2 Å². The Hall–Kier alpha value is -2.16. The zero-order valence-electron chi connectivity index (χ0n) is 17.2. The number of fused-ring (bicyclic) bond motifs is 3. The van der Waals surface area contributed by atoms with Crippen molar-refractivity contribution in [1.82, 2.24) is 4.90 Å². The standard InChI is InChI=1S/C21H25NO7/c1-22-15(24)10-19-8-12(23)18(27-4)21(28-5)20(19,22)9-14(29-21)11-6-7-13(25-2)17(26-3)16(11)19/h6-7,14,18H,8-10H2,1-5H3/t14-,18+,19-,20+,21+/m1/s1. The number of rotatable bonds is 4. The second-order valence-electron chi connectivity index (χ2n) is 8.28. The van der Waals surface area contributed by atoms with Gasteiger partial charge < -0.3 is 28.6 Å². The first-order valence-corrected chi connectivity index (χ1v) is 9.68. The van der Waals surface area contributed by atoms with Gasteiger partial charge in [-0.15, -0.1) is 0 Å². The lowest BCUT2D eigenvalue weighted by molar-refractivity contribution is -0.308. The molecule has 2 bridgehead atoms. The zero-order valence-corrected chi connectivity index (χ0v) is 17.2. The monoisotopic (exact) mass is 403 g/mol. The van der Waals surface area contributed by atoms with Gasteiger partial charge in [0.15, 0.2) is 23.4 Å². The van der Waals surface area contributed by atoms with E-state index in [2.05, 4.69) is 0 Å². The molecular weight excluding hydrogens is 378 g/mol. The average molecular weight is 403 g/mol. The van der Waals surface area contributed by atoms with E-state index in [1.807, 2.05) is 12.1 Å². The van der Waals surface area contributed by atoms with Crippen LogP contribution in [0, 0.1) is 0 Å². The Morgan fingerprint density at radius 3 is 2.48 bits per heavy atom. The number of benzene rings is 1. The van der Waals surface area contributed by atoms with Gasteiger partial charge in [0, 0.05) is 51.5 Å². The lowest BCUT2D eigenvalue weighted by Crippen LogP contribution is -2.77. The van der Waals surface area contributed by atoms with Crippen LogP contribution in [0.3, 0.4) is 0 Å². The fourth-order valence-corrected chi connectivity index (χ4v) is 6.68. The molecule has 1 aromatic rings. The van der Waals surface area contributed by atoms with Crippen LogP contribution in [-0.2, 0) is 29.2 Å². The molecule has 2 saturated heterocycles. The van der Waals surface area contributed by atoms with Crippen LogP contribution >= 0.6 is 0 Å². The fraction of sp³-hybridized carbons (Fsp3) is 0.619. The van der Waals surface area contributed by atoms with Gasteiger partial charge in [-0.1, -0.05) is 6.07 Å². The minimum Gasteiger partial charge on any atom is -0.493 e. The van der Waals surface area contributed by atoms with Crippen molar-refractivity contribution < 1.29 is 33.3 Å². The predicted molar refractivity (Wildman–Crippen MR) is 99.9 cm³/mol. The quantitative estimate of drug-likeness (QED) is 0.750. The predicted octanol–water partition coefficient (Wildman–Crippen LogP) is 1.35. The second-order valence-corrected chi connectivity index (χ2v) is 8.28. The largest absolute Gasteiger partial charge is 0.493 e. The van der Waals surface area contributed by atoms with Gasteiger partial charge in [-0.2, -0.15) is 0 Å². The third-order valence-corrected chi connectivity index (χ3v) is 7.62. The Bertz CT molecular complexity index is 932. The third kappa shape index (κ3) is 1.74. The number of likely N-dealkylation sites (tertiary alicyclic amines) is 1. The normalized spacial score (nSPS) is 39.4. The molecule has 1 spiro atoms. The lowest BCUT2D eigenvalue weighted by atomic mass is 9.50. The maximum atomic E-state index is 13.3. The Kier molecular flexibility index (Phi) is 3.71. The molecule has 4 aliphatic rings. The van der Waals surface area contributed by atoms with Gasteiger partial charge in [-0.05, 0) is 11.6 Å². The smallest absolute Gasteiger partial charge is 0.227 e. The summed E-state index contributed by atoms with van der Waals surface area (Å²) in [5.74, 6) is -0.505. The Balaban J connectivity index is 1.92. The molecule has 29 heavy (non-hydrogen) atoms. The van der Waals surface area contributed by atoms with E-state index >= 15 is 0 Å². The van der Waals surface area contributed by atoms with Crippen LogP contribution in [0.25, 0.3) is 0 Å². The Morgan fingerprint density at radius 1 is 1.10 bits per heavy atom. The average Bonchev–Trinajstić information content (AvgIpc) is 3.17. The van der Waals surface area contributed by atoms with E-state index < -0.39 is 22.8 Å². The van der Waals surface area contributed by atoms with Gasteiger partial charge in [-0.3, -0.25) is 9.59 Å². The third-order valence-electron chi connectivity index (χ3n) is 7.62. The van der Waals surface area contributed by atoms with Crippen molar-refractivity contribution in [3.8, 4) is 11.5 Å². The van der Waals surface area contributed by atoms with Gasteiger partial charge in [0.2, 0.25) is 11.7 Å². The maximum Gasteiger partial charge on any atom is 0.227 e. The van der Waals surface area contributed by atoms with Crippen LogP contribution in [0.15, 0.2) is 12.1 Å². The highest BCUT2D eigenvalue weighted by Crippen LogP contribution is 2.72. The van der Waals surface area contributed by atoms with Crippen LogP contribution in [-0.4, -0.2) is 69.5 Å². The highest BCUT2D eigenvalue weighted by Gasteiger charge is 2.84. The summed E-state index contributed by atoms with van der Waals surface area (Å²) in [7, 11) is 7.91. The van der Waals surface area contributed by atoms with Crippen LogP contribution in [0.4, 0.5) is 0 Å². The molecule has 8 heteroatoms. The summed E-state index contributed by atoms with van der Waals surface area (Å²) in [5.41, 5.74) is -0.0269. The molecule has 156 valence electrons. The van der Waals surface area contributed by atoms with E-state index in [0.29, 0.717) is 17.9 Å². The number of ketones is 1. The number of nitrogens with zero attached hydrogens (tertiary/aromatic N) is 1. The van der Waals surface area contributed by atoms with Gasteiger partial charge in [-0.25, -0.2) is 0 Å². The molecule has 2 aliphatic heterocycles. The van der Waals surface area contributed by atoms with Crippen LogP contribution in [0.1, 0.15) is 36.5 Å². The van der Waals surface area contributed by atoms with E-state index in [1.54, 1.807) is 26.2 Å². The topological polar surface area (TPSA) is 83.5 Å². The lowest BCUT2D eigenvalue weighted by Gasteiger charge is -2.58. The van der Waals surface area contributed by atoms with Crippen molar-refractivity contribution in [1.29, 1.82) is 0 Å². The van der Waals surface area contributed by atoms with Crippen molar-refractivity contribution in [2.75, 3.05) is 35.5 Å². The molecule has 5 rings (SSSR count). The molecule has 1 amide bonds. The highest BCUT2D eigenvalue weighted by atomic mass is 16.7. The molecule has 1 aromatic carbocycles. The number of methoxy groups -OCH3 is 4. The minimum absolute atomic E-state index is 0.0575. The number of amides is 1. The molecule has 3 fully saturated rings. The molecule has 2 aliphatic carbocycles. The molecule has 0 radical (unpaired) electrons. The Labute approximate surface area is 169 Å². The summed E-state index contributed by atoms with van der Waals surface area (Å²) in [6.45, 7) is 0. The summed E-state index contributed by atoms with van der Waals surface area (Å²) in [5, 5.41) is 0. The van der Waals surface area contributed by atoms with E-state index in [4.69, 9.17) is 23.7 Å². The number of carbonyl (C=O) groups is 2.